The van der Waals surface area contributed by atoms with Crippen LogP contribution in [0.4, 0.5) is 0 Å². The van der Waals surface area contributed by atoms with Gasteiger partial charge < -0.3 is 19.1 Å². The molecule has 0 bridgehead atoms. The van der Waals surface area contributed by atoms with E-state index in [0.29, 0.717) is 29.5 Å². The Kier molecular flexibility index (Phi) is 4.57. The van der Waals surface area contributed by atoms with Gasteiger partial charge in [0, 0.05) is 25.8 Å². The van der Waals surface area contributed by atoms with Gasteiger partial charge in [-0.2, -0.15) is 0 Å². The van der Waals surface area contributed by atoms with Crippen LogP contribution in [-0.4, -0.2) is 56.4 Å². The zero-order valence-corrected chi connectivity index (χ0v) is 13.5. The number of benzene rings is 1. The summed E-state index contributed by atoms with van der Waals surface area (Å²) in [5.74, 6) is 0.554. The molecule has 0 spiro atoms. The predicted octanol–water partition coefficient (Wildman–Crippen LogP) is 2.37. The number of nitrogens with zero attached hydrogens (tertiary/aromatic N) is 1. The van der Waals surface area contributed by atoms with Gasteiger partial charge in [0.1, 0.15) is 11.9 Å². The Morgan fingerprint density at radius 1 is 1.36 bits per heavy atom. The molecule has 0 radical (unpaired) electrons. The van der Waals surface area contributed by atoms with Crippen molar-refractivity contribution in [2.45, 2.75) is 31.1 Å². The first-order valence-electron chi connectivity index (χ1n) is 7.44. The van der Waals surface area contributed by atoms with Crippen molar-refractivity contribution >= 4 is 17.5 Å². The minimum absolute atomic E-state index is 0.0143. The van der Waals surface area contributed by atoms with Crippen LogP contribution in [0.3, 0.4) is 0 Å². The zero-order valence-electron chi connectivity index (χ0n) is 12.8. The lowest BCUT2D eigenvalue weighted by Gasteiger charge is -2.40. The van der Waals surface area contributed by atoms with Gasteiger partial charge in [-0.3, -0.25) is 4.79 Å². The molecule has 6 heteroatoms. The Labute approximate surface area is 135 Å². The van der Waals surface area contributed by atoms with Crippen molar-refractivity contribution < 1.29 is 19.0 Å². The summed E-state index contributed by atoms with van der Waals surface area (Å²) in [6.45, 7) is 1.34. The van der Waals surface area contributed by atoms with E-state index in [1.807, 2.05) is 4.90 Å². The number of carbonyl (C=O) groups excluding carboxylic acids is 1. The minimum atomic E-state index is -0.0311. The summed E-state index contributed by atoms with van der Waals surface area (Å²) in [5, 5.41) is 0.444. The molecule has 2 heterocycles. The second-order valence-corrected chi connectivity index (χ2v) is 6.01. The number of methoxy groups -OCH3 is 2. The average molecular weight is 326 g/mol. The molecular weight excluding hydrogens is 306 g/mol. The van der Waals surface area contributed by atoms with Crippen LogP contribution in [0, 0.1) is 0 Å². The maximum absolute atomic E-state index is 12.8. The smallest absolute Gasteiger partial charge is 0.254 e. The summed E-state index contributed by atoms with van der Waals surface area (Å²) in [4.78, 5) is 14.7. The number of rotatable bonds is 3. The Hall–Kier alpha value is -1.30. The number of ether oxygens (including phenoxy) is 3. The summed E-state index contributed by atoms with van der Waals surface area (Å²) < 4.78 is 16.4. The molecule has 1 aromatic rings. The summed E-state index contributed by atoms with van der Waals surface area (Å²) >= 11 is 6.13. The summed E-state index contributed by atoms with van der Waals surface area (Å²) in [5.41, 5.74) is 0.576. The van der Waals surface area contributed by atoms with E-state index in [0.717, 1.165) is 12.8 Å². The first-order chi connectivity index (χ1) is 10.7. The molecule has 22 heavy (non-hydrogen) atoms. The number of piperidine rings is 1. The van der Waals surface area contributed by atoms with Gasteiger partial charge in [-0.25, -0.2) is 0 Å². The number of halogens is 1. The fourth-order valence-corrected chi connectivity index (χ4v) is 3.61. The van der Waals surface area contributed by atoms with E-state index >= 15 is 0 Å². The topological polar surface area (TPSA) is 48.0 Å². The Morgan fingerprint density at radius 2 is 2.18 bits per heavy atom. The minimum Gasteiger partial charge on any atom is -0.495 e. The monoisotopic (exact) mass is 325 g/mol. The van der Waals surface area contributed by atoms with Gasteiger partial charge in [0.15, 0.2) is 0 Å². The largest absolute Gasteiger partial charge is 0.495 e. The molecule has 2 fully saturated rings. The first kappa shape index (κ1) is 15.6. The van der Waals surface area contributed by atoms with Crippen LogP contribution < -0.4 is 4.74 Å². The SMILES string of the molecule is COc1ccc(C(=O)N2CC[C@@H](OC)[C@H]3OCC[C@@H]32)cc1Cl. The summed E-state index contributed by atoms with van der Waals surface area (Å²) in [6, 6.07) is 5.21. The molecule has 1 amide bonds. The van der Waals surface area contributed by atoms with Crippen molar-refractivity contribution in [1.82, 2.24) is 4.90 Å². The fourth-order valence-electron chi connectivity index (χ4n) is 3.35. The maximum Gasteiger partial charge on any atom is 0.254 e. The van der Waals surface area contributed by atoms with Crippen LogP contribution in [0.25, 0.3) is 0 Å². The van der Waals surface area contributed by atoms with Crippen molar-refractivity contribution in [3.8, 4) is 5.75 Å². The molecule has 2 aliphatic rings. The molecule has 2 aliphatic heterocycles. The molecule has 120 valence electrons. The van der Waals surface area contributed by atoms with E-state index < -0.39 is 0 Å². The third kappa shape index (κ3) is 2.69. The van der Waals surface area contributed by atoms with Crippen molar-refractivity contribution in [1.29, 1.82) is 0 Å². The standard InChI is InChI=1S/C16H20ClNO4/c1-20-13-4-3-10(9-11(13)17)16(19)18-7-5-14(21-2)15-12(18)6-8-22-15/h3-4,9,12,14-15H,5-8H2,1-2H3/t12-,14+,15-/m0/s1. The quantitative estimate of drug-likeness (QED) is 0.856. The van der Waals surface area contributed by atoms with E-state index in [-0.39, 0.29) is 24.2 Å². The van der Waals surface area contributed by atoms with Crippen LogP contribution in [-0.2, 0) is 9.47 Å². The lowest BCUT2D eigenvalue weighted by molar-refractivity contribution is -0.0754. The van der Waals surface area contributed by atoms with Crippen molar-refractivity contribution in [2.24, 2.45) is 0 Å². The second-order valence-electron chi connectivity index (χ2n) is 5.60. The molecule has 2 saturated heterocycles. The molecule has 5 nitrogen and oxygen atoms in total. The average Bonchev–Trinajstić information content (AvgIpc) is 3.02. The summed E-state index contributed by atoms with van der Waals surface area (Å²) in [6.07, 6.45) is 1.67. The Balaban J connectivity index is 1.81. The van der Waals surface area contributed by atoms with E-state index in [1.165, 1.54) is 0 Å². The molecule has 0 aliphatic carbocycles. The number of likely N-dealkylation sites (tertiary alicyclic amines) is 1. The zero-order chi connectivity index (χ0) is 15.7. The van der Waals surface area contributed by atoms with Gasteiger partial charge in [-0.05, 0) is 31.0 Å². The third-order valence-corrected chi connectivity index (χ3v) is 4.78. The van der Waals surface area contributed by atoms with E-state index in [2.05, 4.69) is 0 Å². The van der Waals surface area contributed by atoms with Crippen LogP contribution in [0.1, 0.15) is 23.2 Å². The normalized spacial score (nSPS) is 27.6. The molecule has 0 saturated carbocycles. The van der Waals surface area contributed by atoms with Crippen molar-refractivity contribution in [3.63, 3.8) is 0 Å². The highest BCUT2D eigenvalue weighted by Crippen LogP contribution is 2.32. The van der Waals surface area contributed by atoms with Gasteiger partial charge in [-0.1, -0.05) is 11.6 Å². The molecule has 1 aromatic carbocycles. The lowest BCUT2D eigenvalue weighted by Crippen LogP contribution is -2.55. The van der Waals surface area contributed by atoms with Crippen molar-refractivity contribution in [2.75, 3.05) is 27.4 Å². The van der Waals surface area contributed by atoms with Gasteiger partial charge >= 0.3 is 0 Å². The molecular formula is C16H20ClNO4. The number of hydrogen-bond donors (Lipinski definition) is 0. The molecule has 3 rings (SSSR count). The van der Waals surface area contributed by atoms with Gasteiger partial charge in [0.25, 0.3) is 5.91 Å². The Bertz CT molecular complexity index is 565. The third-order valence-electron chi connectivity index (χ3n) is 4.49. The van der Waals surface area contributed by atoms with E-state index in [9.17, 15) is 4.79 Å². The number of amides is 1. The predicted molar refractivity (Wildman–Crippen MR) is 82.6 cm³/mol. The van der Waals surface area contributed by atoms with Crippen LogP contribution in [0.2, 0.25) is 5.02 Å². The van der Waals surface area contributed by atoms with Crippen LogP contribution in [0.15, 0.2) is 18.2 Å². The van der Waals surface area contributed by atoms with Crippen molar-refractivity contribution in [3.05, 3.63) is 28.8 Å². The number of fused-ring (bicyclic) bond motifs is 1. The fraction of sp³-hybridized carbons (Fsp3) is 0.562. The number of hydrogen-bond acceptors (Lipinski definition) is 4. The molecule has 3 atom stereocenters. The highest BCUT2D eigenvalue weighted by molar-refractivity contribution is 6.32. The maximum atomic E-state index is 12.8. The highest BCUT2D eigenvalue weighted by atomic mass is 35.5. The van der Waals surface area contributed by atoms with Crippen LogP contribution >= 0.6 is 11.6 Å². The Morgan fingerprint density at radius 3 is 2.86 bits per heavy atom. The molecule has 0 aromatic heterocycles. The highest BCUT2D eigenvalue weighted by Gasteiger charge is 2.44. The first-order valence-corrected chi connectivity index (χ1v) is 7.82. The summed E-state index contributed by atoms with van der Waals surface area (Å²) in [7, 11) is 3.25. The van der Waals surface area contributed by atoms with E-state index in [4.69, 9.17) is 25.8 Å². The van der Waals surface area contributed by atoms with Gasteiger partial charge in [0.2, 0.25) is 0 Å². The second kappa shape index (κ2) is 6.44. The lowest BCUT2D eigenvalue weighted by atomic mass is 9.94. The molecule has 0 N–H and O–H groups in total. The number of carbonyl (C=O) groups is 1. The van der Waals surface area contributed by atoms with Crippen LogP contribution in [0.5, 0.6) is 5.75 Å². The van der Waals surface area contributed by atoms with Gasteiger partial charge in [0.05, 0.1) is 24.3 Å². The molecule has 0 unspecified atom stereocenters. The van der Waals surface area contributed by atoms with E-state index in [1.54, 1.807) is 32.4 Å². The van der Waals surface area contributed by atoms with Gasteiger partial charge in [-0.15, -0.1) is 0 Å².